The molecular formula is C13H16IN7. The van der Waals surface area contributed by atoms with E-state index < -0.39 is 0 Å². The van der Waals surface area contributed by atoms with Gasteiger partial charge in [-0.3, -0.25) is 5.32 Å². The summed E-state index contributed by atoms with van der Waals surface area (Å²) in [7, 11) is 0. The van der Waals surface area contributed by atoms with Gasteiger partial charge in [0, 0.05) is 19.9 Å². The fourth-order valence-corrected chi connectivity index (χ4v) is 2.07. The van der Waals surface area contributed by atoms with E-state index in [-0.39, 0.29) is 5.54 Å². The molecule has 0 aliphatic heterocycles. The first-order valence-corrected chi connectivity index (χ1v) is 7.35. The number of hydrogen-bond donors (Lipinski definition) is 2. The second-order valence-electron chi connectivity index (χ2n) is 4.88. The van der Waals surface area contributed by atoms with Gasteiger partial charge >= 0.3 is 0 Å². The van der Waals surface area contributed by atoms with Crippen molar-refractivity contribution in [3.63, 3.8) is 0 Å². The Kier molecular flexibility index (Phi) is 6.27. The number of hydrogen-bond acceptors (Lipinski definition) is 3. The lowest BCUT2D eigenvalue weighted by atomic mass is 10.0. The topological polar surface area (TPSA) is 109 Å². The number of guanidine groups is 1. The van der Waals surface area contributed by atoms with Crippen molar-refractivity contribution in [1.29, 1.82) is 5.26 Å². The van der Waals surface area contributed by atoms with Crippen molar-refractivity contribution in [2.75, 3.05) is 5.32 Å². The van der Waals surface area contributed by atoms with Crippen molar-refractivity contribution in [3.05, 3.63) is 32.2 Å². The molecule has 21 heavy (non-hydrogen) atoms. The maximum Gasteiger partial charge on any atom is 0.209 e. The van der Waals surface area contributed by atoms with E-state index in [1.807, 2.05) is 33.0 Å². The van der Waals surface area contributed by atoms with Gasteiger partial charge in [-0.25, -0.2) is 4.99 Å². The largest absolute Gasteiger partial charge is 0.325 e. The first-order valence-electron chi connectivity index (χ1n) is 6.28. The summed E-state index contributed by atoms with van der Waals surface area (Å²) in [5.74, 6) is 0.359. The number of azide groups is 1. The zero-order chi connectivity index (χ0) is 15.9. The van der Waals surface area contributed by atoms with Crippen LogP contribution in [0, 0.1) is 15.0 Å². The quantitative estimate of drug-likeness (QED) is 0.116. The lowest BCUT2D eigenvalue weighted by molar-refractivity contribution is 0.503. The maximum absolute atomic E-state index is 8.83. The molecule has 0 amide bonds. The number of aliphatic imine (C=N–C) groups is 1. The normalized spacial score (nSPS) is 11.3. The van der Waals surface area contributed by atoms with Crippen LogP contribution in [-0.2, 0) is 0 Å². The van der Waals surface area contributed by atoms with E-state index in [4.69, 9.17) is 10.8 Å². The molecular weight excluding hydrogens is 381 g/mol. The van der Waals surface area contributed by atoms with Crippen LogP contribution in [0.5, 0.6) is 0 Å². The summed E-state index contributed by atoms with van der Waals surface area (Å²) in [6.45, 7) is 5.99. The molecule has 0 spiro atoms. The summed E-state index contributed by atoms with van der Waals surface area (Å²) in [5, 5.41) is 18.0. The predicted octanol–water partition coefficient (Wildman–Crippen LogP) is 4.26. The molecule has 0 fully saturated rings. The molecule has 8 heteroatoms. The van der Waals surface area contributed by atoms with Gasteiger partial charge in [-0.05, 0) is 66.6 Å². The van der Waals surface area contributed by atoms with Gasteiger partial charge in [0.25, 0.3) is 0 Å². The Balaban J connectivity index is 3.10. The van der Waals surface area contributed by atoms with Gasteiger partial charge in [0.15, 0.2) is 6.19 Å². The predicted molar refractivity (Wildman–Crippen MR) is 92.1 cm³/mol. The average Bonchev–Trinajstić information content (AvgIpc) is 2.38. The van der Waals surface area contributed by atoms with E-state index in [2.05, 4.69) is 48.2 Å². The average molecular weight is 397 g/mol. The number of anilines is 1. The first-order chi connectivity index (χ1) is 9.90. The van der Waals surface area contributed by atoms with Crippen LogP contribution in [-0.4, -0.2) is 11.5 Å². The highest BCUT2D eigenvalue weighted by molar-refractivity contribution is 14.1. The summed E-state index contributed by atoms with van der Waals surface area (Å²) in [6, 6.07) is 5.32. The van der Waals surface area contributed by atoms with Gasteiger partial charge in [-0.2, -0.15) is 5.26 Å². The molecule has 0 saturated heterocycles. The Hall–Kier alpha value is -1.98. The molecule has 0 saturated carbocycles. The minimum atomic E-state index is -0.290. The lowest BCUT2D eigenvalue weighted by Crippen LogP contribution is -2.31. The van der Waals surface area contributed by atoms with Crippen LogP contribution in [0.15, 0.2) is 28.3 Å². The Bertz CT molecular complexity index is 624. The Labute approximate surface area is 137 Å². The summed E-state index contributed by atoms with van der Waals surface area (Å²) >= 11 is 2.13. The van der Waals surface area contributed by atoms with Crippen LogP contribution in [0.3, 0.4) is 0 Å². The summed E-state index contributed by atoms with van der Waals surface area (Å²) in [6.07, 6.45) is 2.70. The Morgan fingerprint density at radius 1 is 1.48 bits per heavy atom. The second kappa shape index (κ2) is 7.71. The third-order valence-electron chi connectivity index (χ3n) is 2.76. The Morgan fingerprint density at radius 3 is 2.76 bits per heavy atom. The van der Waals surface area contributed by atoms with E-state index in [1.54, 1.807) is 12.1 Å². The van der Waals surface area contributed by atoms with Gasteiger partial charge in [-0.15, -0.1) is 0 Å². The first kappa shape index (κ1) is 17.1. The van der Waals surface area contributed by atoms with Crippen molar-refractivity contribution < 1.29 is 0 Å². The van der Waals surface area contributed by atoms with Crippen molar-refractivity contribution in [2.24, 2.45) is 10.1 Å². The minimum absolute atomic E-state index is 0.290. The number of nitriles is 1. The molecule has 7 nitrogen and oxygen atoms in total. The molecule has 1 rings (SSSR count). The van der Waals surface area contributed by atoms with Crippen molar-refractivity contribution in [1.82, 2.24) is 5.32 Å². The molecule has 110 valence electrons. The van der Waals surface area contributed by atoms with Crippen LogP contribution < -0.4 is 10.6 Å². The number of nitrogens with one attached hydrogen (secondary N) is 2. The molecule has 0 aromatic heterocycles. The second-order valence-corrected chi connectivity index (χ2v) is 6.12. The highest BCUT2D eigenvalue weighted by atomic mass is 127. The fourth-order valence-electron chi connectivity index (χ4n) is 1.41. The molecule has 0 atom stereocenters. The van der Waals surface area contributed by atoms with E-state index in [9.17, 15) is 0 Å². The summed E-state index contributed by atoms with van der Waals surface area (Å²) < 4.78 is 0.908. The molecule has 0 unspecified atom stereocenters. The molecule has 1 aromatic carbocycles. The number of halogens is 1. The highest BCUT2D eigenvalue weighted by Gasteiger charge is 2.15. The smallest absolute Gasteiger partial charge is 0.209 e. The minimum Gasteiger partial charge on any atom is -0.325 e. The van der Waals surface area contributed by atoms with Gasteiger partial charge in [0.2, 0.25) is 5.96 Å². The molecule has 0 aliphatic rings. The van der Waals surface area contributed by atoms with Gasteiger partial charge in [0.05, 0.1) is 5.54 Å². The van der Waals surface area contributed by atoms with Crippen molar-refractivity contribution >= 4 is 39.9 Å². The van der Waals surface area contributed by atoms with Crippen molar-refractivity contribution in [3.8, 4) is 6.19 Å². The highest BCUT2D eigenvalue weighted by Crippen LogP contribution is 2.23. The van der Waals surface area contributed by atoms with Gasteiger partial charge in [-0.1, -0.05) is 12.0 Å². The Morgan fingerprint density at radius 2 is 2.19 bits per heavy atom. The number of benzene rings is 1. The van der Waals surface area contributed by atoms with Crippen LogP contribution in [0.4, 0.5) is 11.4 Å². The molecule has 0 bridgehead atoms. The van der Waals surface area contributed by atoms with Crippen molar-refractivity contribution in [2.45, 2.75) is 32.7 Å². The molecule has 0 aliphatic carbocycles. The zero-order valence-corrected chi connectivity index (χ0v) is 14.2. The molecule has 0 radical (unpaired) electrons. The monoisotopic (exact) mass is 397 g/mol. The van der Waals surface area contributed by atoms with Gasteiger partial charge in [0.1, 0.15) is 0 Å². The molecule has 2 N–H and O–H groups in total. The van der Waals surface area contributed by atoms with Crippen LogP contribution >= 0.6 is 22.6 Å². The summed E-state index contributed by atoms with van der Waals surface area (Å²) in [5.41, 5.74) is 9.41. The third kappa shape index (κ3) is 5.89. The van der Waals surface area contributed by atoms with E-state index in [0.29, 0.717) is 17.3 Å². The third-order valence-corrected chi connectivity index (χ3v) is 3.38. The zero-order valence-electron chi connectivity index (χ0n) is 12.1. The molecule has 1 aromatic rings. The molecule has 0 heterocycles. The lowest BCUT2D eigenvalue weighted by Gasteiger charge is -2.19. The fraction of sp³-hybridized carbons (Fsp3) is 0.385. The van der Waals surface area contributed by atoms with Gasteiger partial charge < -0.3 is 5.32 Å². The number of rotatable bonds is 4. The van der Waals surface area contributed by atoms with Crippen LogP contribution in [0.25, 0.3) is 10.4 Å². The summed E-state index contributed by atoms with van der Waals surface area (Å²) in [4.78, 5) is 7.26. The van der Waals surface area contributed by atoms with Crippen LogP contribution in [0.1, 0.15) is 27.2 Å². The van der Waals surface area contributed by atoms with E-state index in [1.165, 1.54) is 0 Å². The SMILES string of the molecule is CCC(C)(C)N=C(NC#N)Nc1cc(I)cc(N=[N+]=[N-])c1. The number of nitrogens with zero attached hydrogens (tertiary/aromatic N) is 5. The standard InChI is InChI=1S/C13H16IN7/c1-4-13(2,3)19-12(17-8-15)18-10-5-9(14)6-11(7-10)20-21-16/h5-7H,4H2,1-3H3,(H2,17,18,19). The maximum atomic E-state index is 8.83. The van der Waals surface area contributed by atoms with E-state index in [0.717, 1.165) is 9.99 Å². The van der Waals surface area contributed by atoms with E-state index >= 15 is 0 Å². The van der Waals surface area contributed by atoms with Crippen LogP contribution in [0.2, 0.25) is 0 Å².